The summed E-state index contributed by atoms with van der Waals surface area (Å²) in [5.74, 6) is -0.336. The maximum Gasteiger partial charge on any atom is 0.220 e. The number of amides is 1. The first-order chi connectivity index (χ1) is 36.6. The van der Waals surface area contributed by atoms with E-state index in [1.165, 1.54) is 116 Å². The standard InChI is InChI=1S/C61H105NO13/c1-3-5-7-9-11-13-15-17-18-19-20-21-22-23-24-25-26-27-28-29-30-31-33-34-36-38-40-42-44-50(65)49(62-53(66)45-43-41-39-37-35-32-16-14-12-10-8-6-4-2)48-72-60-58(71)56(69)59(52(47-64)74-60)75-61-57(70)55(68)54(67)51(46-63)73-61/h6,8,12,14,29-30,32,34-36,39,41-42,44,49-52,54-61,63-65,67-71H,3-5,7,9-11,13,15-28,31,33,37-38,40,43,45-48H2,1-2H3,(H,62,66)/b8-6-,14-12-,30-29+,35-32-,36-34+,41-39-,44-42+. The number of carbonyl (C=O) groups excluding carboxylic acids is 1. The Kier molecular flexibility index (Phi) is 42.0. The molecule has 2 heterocycles. The van der Waals surface area contributed by atoms with Crippen molar-refractivity contribution in [3.63, 3.8) is 0 Å². The zero-order valence-electron chi connectivity index (χ0n) is 46.3. The average molecular weight is 1060 g/mol. The summed E-state index contributed by atoms with van der Waals surface area (Å²) < 4.78 is 22.7. The van der Waals surface area contributed by atoms with Gasteiger partial charge in [-0.05, 0) is 70.6 Å². The second-order valence-electron chi connectivity index (χ2n) is 20.4. The van der Waals surface area contributed by atoms with Crippen LogP contribution >= 0.6 is 0 Å². The Hall–Kier alpha value is -2.83. The average Bonchev–Trinajstić information content (AvgIpc) is 3.41. The summed E-state index contributed by atoms with van der Waals surface area (Å²) in [6.45, 7) is 2.59. The molecule has 2 aliphatic heterocycles. The number of unbranched alkanes of at least 4 members (excludes halogenated alkanes) is 20. The highest BCUT2D eigenvalue weighted by Gasteiger charge is 2.51. The molecular formula is C61H105NO13. The molecule has 9 N–H and O–H groups in total. The summed E-state index contributed by atoms with van der Waals surface area (Å²) in [4.78, 5) is 13.1. The number of aliphatic hydroxyl groups excluding tert-OH is 8. The molecule has 12 atom stereocenters. The van der Waals surface area contributed by atoms with Crippen LogP contribution in [0, 0.1) is 0 Å². The lowest BCUT2D eigenvalue weighted by Crippen LogP contribution is -2.65. The molecule has 1 amide bonds. The maximum absolute atomic E-state index is 13.1. The second kappa shape index (κ2) is 46.1. The van der Waals surface area contributed by atoms with Gasteiger partial charge in [0.05, 0.1) is 32.0 Å². The fraction of sp³-hybridized carbons (Fsp3) is 0.754. The fourth-order valence-electron chi connectivity index (χ4n) is 9.10. The summed E-state index contributed by atoms with van der Waals surface area (Å²) >= 11 is 0. The minimum Gasteiger partial charge on any atom is -0.394 e. The largest absolute Gasteiger partial charge is 0.394 e. The van der Waals surface area contributed by atoms with Crippen LogP contribution in [0.25, 0.3) is 0 Å². The molecule has 0 aromatic rings. The Morgan fingerprint density at radius 1 is 0.493 bits per heavy atom. The molecule has 0 bridgehead atoms. The molecule has 0 radical (unpaired) electrons. The summed E-state index contributed by atoms with van der Waals surface area (Å²) in [6, 6.07) is -0.981. The molecule has 2 rings (SSSR count). The van der Waals surface area contributed by atoms with Gasteiger partial charge in [-0.3, -0.25) is 4.79 Å². The van der Waals surface area contributed by atoms with E-state index in [0.29, 0.717) is 12.8 Å². The molecule has 75 heavy (non-hydrogen) atoms. The molecule has 0 aliphatic carbocycles. The minimum atomic E-state index is -1.80. The van der Waals surface area contributed by atoms with Crippen LogP contribution in [-0.2, 0) is 23.7 Å². The first-order valence-corrected chi connectivity index (χ1v) is 29.3. The molecule has 12 unspecified atom stereocenters. The normalized spacial score (nSPS) is 25.7. The van der Waals surface area contributed by atoms with Crippen molar-refractivity contribution in [2.75, 3.05) is 19.8 Å². The van der Waals surface area contributed by atoms with E-state index in [1.807, 2.05) is 18.2 Å². The van der Waals surface area contributed by atoms with E-state index < -0.39 is 86.8 Å². The third kappa shape index (κ3) is 32.0. The van der Waals surface area contributed by atoms with Crippen molar-refractivity contribution in [2.45, 2.75) is 274 Å². The van der Waals surface area contributed by atoms with Crippen LogP contribution < -0.4 is 5.32 Å². The monoisotopic (exact) mass is 1060 g/mol. The highest BCUT2D eigenvalue weighted by Crippen LogP contribution is 2.30. The lowest BCUT2D eigenvalue weighted by atomic mass is 9.97. The second-order valence-corrected chi connectivity index (χ2v) is 20.4. The van der Waals surface area contributed by atoms with E-state index in [4.69, 9.17) is 18.9 Å². The van der Waals surface area contributed by atoms with Crippen LogP contribution in [0.5, 0.6) is 0 Å². The minimum absolute atomic E-state index is 0.144. The van der Waals surface area contributed by atoms with E-state index in [9.17, 15) is 45.6 Å². The number of hydrogen-bond acceptors (Lipinski definition) is 13. The van der Waals surface area contributed by atoms with E-state index in [0.717, 1.165) is 51.4 Å². The lowest BCUT2D eigenvalue weighted by molar-refractivity contribution is -0.359. The van der Waals surface area contributed by atoms with Gasteiger partial charge in [-0.1, -0.05) is 208 Å². The molecule has 14 heteroatoms. The first kappa shape index (κ1) is 68.3. The van der Waals surface area contributed by atoms with Crippen molar-refractivity contribution in [2.24, 2.45) is 0 Å². The van der Waals surface area contributed by atoms with Gasteiger partial charge < -0.3 is 65.1 Å². The first-order valence-electron chi connectivity index (χ1n) is 29.3. The summed E-state index contributed by atoms with van der Waals surface area (Å²) in [6.07, 6.45) is 45.3. The summed E-state index contributed by atoms with van der Waals surface area (Å²) in [5.41, 5.74) is 0. The topological polar surface area (TPSA) is 228 Å². The Balaban J connectivity index is 1.77. The molecule has 0 spiro atoms. The summed E-state index contributed by atoms with van der Waals surface area (Å²) in [7, 11) is 0. The van der Waals surface area contributed by atoms with E-state index in [-0.39, 0.29) is 18.9 Å². The zero-order valence-corrected chi connectivity index (χ0v) is 46.3. The van der Waals surface area contributed by atoms with Gasteiger partial charge in [-0.2, -0.15) is 0 Å². The van der Waals surface area contributed by atoms with Gasteiger partial charge in [0.2, 0.25) is 5.91 Å². The van der Waals surface area contributed by atoms with Crippen molar-refractivity contribution < 1.29 is 64.6 Å². The highest BCUT2D eigenvalue weighted by atomic mass is 16.7. The third-order valence-electron chi connectivity index (χ3n) is 13.8. The van der Waals surface area contributed by atoms with Gasteiger partial charge >= 0.3 is 0 Å². The number of hydrogen-bond donors (Lipinski definition) is 9. The van der Waals surface area contributed by atoms with Crippen LogP contribution in [0.15, 0.2) is 85.1 Å². The van der Waals surface area contributed by atoms with Crippen molar-refractivity contribution in [1.82, 2.24) is 5.32 Å². The predicted molar refractivity (Wildman–Crippen MR) is 300 cm³/mol. The number of carbonyl (C=O) groups is 1. The number of nitrogens with one attached hydrogen (secondary N) is 1. The van der Waals surface area contributed by atoms with Gasteiger partial charge in [0.1, 0.15) is 48.8 Å². The van der Waals surface area contributed by atoms with Crippen molar-refractivity contribution >= 4 is 5.91 Å². The highest BCUT2D eigenvalue weighted by molar-refractivity contribution is 5.76. The number of ether oxygens (including phenoxy) is 4. The molecule has 0 saturated carbocycles. The molecule has 2 aliphatic rings. The SMILES string of the molecule is CC/C=C\C/C=C\C/C=C\C/C=C\CCC(=O)NC(COC1OC(CO)C(OC2OC(CO)C(O)C(O)C2O)C(O)C1O)C(O)/C=C/CC/C=C/CC/C=C/CCCCCCCCCCCCCCCCCCCC. The Morgan fingerprint density at radius 2 is 0.933 bits per heavy atom. The van der Waals surface area contributed by atoms with Gasteiger partial charge in [-0.25, -0.2) is 0 Å². The molecule has 432 valence electrons. The zero-order chi connectivity index (χ0) is 54.6. The van der Waals surface area contributed by atoms with Crippen molar-refractivity contribution in [3.05, 3.63) is 85.1 Å². The Morgan fingerprint density at radius 3 is 1.45 bits per heavy atom. The van der Waals surface area contributed by atoms with Crippen LogP contribution in [0.1, 0.15) is 200 Å². The summed E-state index contributed by atoms with van der Waals surface area (Å²) in [5, 5.41) is 86.8. The maximum atomic E-state index is 13.1. The Labute approximate surface area is 452 Å². The van der Waals surface area contributed by atoms with Gasteiger partial charge in [-0.15, -0.1) is 0 Å². The van der Waals surface area contributed by atoms with Crippen LogP contribution in [-0.4, -0.2) is 140 Å². The van der Waals surface area contributed by atoms with E-state index in [2.05, 4.69) is 79.9 Å². The third-order valence-corrected chi connectivity index (χ3v) is 13.8. The van der Waals surface area contributed by atoms with Gasteiger partial charge in [0, 0.05) is 6.42 Å². The van der Waals surface area contributed by atoms with Crippen molar-refractivity contribution in [3.8, 4) is 0 Å². The molecule has 2 fully saturated rings. The van der Waals surface area contributed by atoms with Crippen LogP contribution in [0.4, 0.5) is 0 Å². The van der Waals surface area contributed by atoms with Gasteiger partial charge in [0.25, 0.3) is 0 Å². The van der Waals surface area contributed by atoms with Crippen LogP contribution in [0.2, 0.25) is 0 Å². The van der Waals surface area contributed by atoms with Gasteiger partial charge in [0.15, 0.2) is 12.6 Å². The van der Waals surface area contributed by atoms with Crippen LogP contribution in [0.3, 0.4) is 0 Å². The number of aliphatic hydroxyl groups is 8. The quantitative estimate of drug-likeness (QED) is 0.0205. The lowest BCUT2D eigenvalue weighted by Gasteiger charge is -2.46. The molecule has 14 nitrogen and oxygen atoms in total. The fourth-order valence-corrected chi connectivity index (χ4v) is 9.10. The molecule has 0 aromatic heterocycles. The number of rotatable bonds is 45. The number of allylic oxidation sites excluding steroid dienone is 13. The van der Waals surface area contributed by atoms with Crippen molar-refractivity contribution in [1.29, 1.82) is 0 Å². The predicted octanol–water partition coefficient (Wildman–Crippen LogP) is 9.72. The van der Waals surface area contributed by atoms with E-state index in [1.54, 1.807) is 6.08 Å². The molecule has 2 saturated heterocycles. The Bertz CT molecular complexity index is 1580. The smallest absolute Gasteiger partial charge is 0.220 e. The van der Waals surface area contributed by atoms with E-state index >= 15 is 0 Å². The molecular weight excluding hydrogens is 955 g/mol. The molecule has 0 aromatic carbocycles.